The maximum absolute atomic E-state index is 12.8. The van der Waals surface area contributed by atoms with Crippen LogP contribution in [0.3, 0.4) is 0 Å². The van der Waals surface area contributed by atoms with Crippen LogP contribution in [0.4, 0.5) is 16.3 Å². The van der Waals surface area contributed by atoms with Gasteiger partial charge < -0.3 is 15.1 Å². The Balaban J connectivity index is 1.64. The number of hydrogen-bond donors (Lipinski definition) is 1. The molecule has 0 spiro atoms. The molecule has 1 aromatic heterocycles. The Morgan fingerprint density at radius 2 is 1.83 bits per heavy atom. The quantitative estimate of drug-likeness (QED) is 0.566. The third kappa shape index (κ3) is 5.02. The molecular formula is C22H29ClN4O2Si. The molecule has 0 aliphatic carbocycles. The summed E-state index contributed by atoms with van der Waals surface area (Å²) in [6, 6.07) is 9.72. The first-order valence-corrected chi connectivity index (χ1v) is 14.0. The highest BCUT2D eigenvalue weighted by Crippen LogP contribution is 2.27. The molecule has 3 rings (SSSR count). The lowest BCUT2D eigenvalue weighted by molar-refractivity contribution is 0.101. The first-order valence-electron chi connectivity index (χ1n) is 10.2. The molecule has 1 N–H and O–H groups in total. The zero-order valence-corrected chi connectivity index (χ0v) is 20.0. The smallest absolute Gasteiger partial charge is 0.322 e. The standard InChI is InChI=1S/C22H29ClN4O2Si/c1-15-14-26(21-20(23)12-17(13-24-21)16(2)28)10-11-27(15)22(29)25-18-6-8-19(9-7-18)30(3,4)5/h6-9,12-13,15H,10-11,14H2,1-5H3,(H,25,29). The van der Waals surface area contributed by atoms with Crippen LogP contribution in [0.1, 0.15) is 24.2 Å². The maximum atomic E-state index is 12.8. The Kier molecular flexibility index (Phi) is 6.52. The minimum Gasteiger partial charge on any atom is -0.352 e. The predicted octanol–water partition coefficient (Wildman–Crippen LogP) is 4.23. The zero-order chi connectivity index (χ0) is 22.1. The lowest BCUT2D eigenvalue weighted by atomic mass is 10.1. The number of piperazine rings is 1. The normalized spacial score (nSPS) is 17.1. The van der Waals surface area contributed by atoms with E-state index in [0.717, 1.165) is 5.69 Å². The van der Waals surface area contributed by atoms with Crippen molar-refractivity contribution in [1.82, 2.24) is 9.88 Å². The molecule has 1 aliphatic rings. The number of amides is 2. The van der Waals surface area contributed by atoms with Crippen LogP contribution >= 0.6 is 11.6 Å². The summed E-state index contributed by atoms with van der Waals surface area (Å²) in [6.45, 7) is 12.2. The van der Waals surface area contributed by atoms with Crippen LogP contribution in [0.5, 0.6) is 0 Å². The SMILES string of the molecule is CC(=O)c1cnc(N2CCN(C(=O)Nc3ccc([Si](C)(C)C)cc3)C(C)C2)c(Cl)c1. The van der Waals surface area contributed by atoms with Gasteiger partial charge in [-0.05, 0) is 32.0 Å². The second kappa shape index (κ2) is 8.77. The minimum atomic E-state index is -1.36. The fraction of sp³-hybridized carbons (Fsp3) is 0.409. The van der Waals surface area contributed by atoms with Gasteiger partial charge in [-0.1, -0.05) is 48.6 Å². The van der Waals surface area contributed by atoms with Gasteiger partial charge in [0.1, 0.15) is 5.82 Å². The summed E-state index contributed by atoms with van der Waals surface area (Å²) in [5.74, 6) is 0.583. The van der Waals surface area contributed by atoms with Crippen LogP contribution in [0.2, 0.25) is 24.7 Å². The van der Waals surface area contributed by atoms with E-state index in [1.54, 1.807) is 12.3 Å². The second-order valence-electron chi connectivity index (χ2n) is 8.83. The van der Waals surface area contributed by atoms with Crippen molar-refractivity contribution < 1.29 is 9.59 Å². The molecule has 0 saturated carbocycles. The molecule has 2 amide bonds. The van der Waals surface area contributed by atoms with Crippen molar-refractivity contribution in [2.45, 2.75) is 39.5 Å². The van der Waals surface area contributed by atoms with Gasteiger partial charge in [0, 0.05) is 43.1 Å². The van der Waals surface area contributed by atoms with Crippen molar-refractivity contribution in [2.75, 3.05) is 29.9 Å². The molecule has 30 heavy (non-hydrogen) atoms. The average Bonchev–Trinajstić information content (AvgIpc) is 2.67. The number of anilines is 2. The highest BCUT2D eigenvalue weighted by molar-refractivity contribution is 6.88. The van der Waals surface area contributed by atoms with E-state index < -0.39 is 8.07 Å². The number of pyridine rings is 1. The number of rotatable bonds is 4. The molecule has 2 heterocycles. The Labute approximate surface area is 184 Å². The summed E-state index contributed by atoms with van der Waals surface area (Å²) in [6.07, 6.45) is 1.55. The van der Waals surface area contributed by atoms with Gasteiger partial charge in [-0.25, -0.2) is 9.78 Å². The summed E-state index contributed by atoms with van der Waals surface area (Å²) in [5.41, 5.74) is 1.30. The van der Waals surface area contributed by atoms with Crippen LogP contribution in [0, 0.1) is 0 Å². The summed E-state index contributed by atoms with van der Waals surface area (Å²) in [4.78, 5) is 32.6. The van der Waals surface area contributed by atoms with Crippen LogP contribution in [-0.4, -0.2) is 55.4 Å². The number of aromatic nitrogens is 1. The summed E-state index contributed by atoms with van der Waals surface area (Å²) in [7, 11) is -1.36. The van der Waals surface area contributed by atoms with Crippen molar-refractivity contribution in [1.29, 1.82) is 0 Å². The van der Waals surface area contributed by atoms with E-state index in [4.69, 9.17) is 11.6 Å². The van der Waals surface area contributed by atoms with Crippen molar-refractivity contribution in [3.8, 4) is 0 Å². The van der Waals surface area contributed by atoms with Crippen molar-refractivity contribution in [3.63, 3.8) is 0 Å². The van der Waals surface area contributed by atoms with Crippen LogP contribution in [0.15, 0.2) is 36.5 Å². The van der Waals surface area contributed by atoms with Crippen molar-refractivity contribution in [2.24, 2.45) is 0 Å². The van der Waals surface area contributed by atoms with E-state index in [-0.39, 0.29) is 17.9 Å². The van der Waals surface area contributed by atoms with E-state index >= 15 is 0 Å². The molecule has 0 radical (unpaired) electrons. The van der Waals surface area contributed by atoms with Crippen molar-refractivity contribution >= 4 is 48.2 Å². The van der Waals surface area contributed by atoms with E-state index in [2.05, 4.69) is 47.0 Å². The van der Waals surface area contributed by atoms with Gasteiger partial charge in [0.05, 0.1) is 13.1 Å². The molecule has 1 aliphatic heterocycles. The number of hydrogen-bond acceptors (Lipinski definition) is 4. The fourth-order valence-corrected chi connectivity index (χ4v) is 5.01. The lowest BCUT2D eigenvalue weighted by Gasteiger charge is -2.40. The molecule has 2 aromatic rings. The Morgan fingerprint density at radius 3 is 2.37 bits per heavy atom. The molecule has 1 atom stereocenters. The minimum absolute atomic E-state index is 0.00893. The summed E-state index contributed by atoms with van der Waals surface area (Å²) < 4.78 is 0. The van der Waals surface area contributed by atoms with Crippen LogP contribution in [-0.2, 0) is 0 Å². The van der Waals surface area contributed by atoms with Gasteiger partial charge >= 0.3 is 6.03 Å². The third-order valence-electron chi connectivity index (χ3n) is 5.42. The molecule has 1 aromatic carbocycles. The number of nitrogens with zero attached hydrogens (tertiary/aromatic N) is 3. The lowest BCUT2D eigenvalue weighted by Crippen LogP contribution is -2.55. The first kappa shape index (κ1) is 22.3. The number of ketones is 1. The molecule has 0 bridgehead atoms. The second-order valence-corrected chi connectivity index (χ2v) is 14.3. The van der Waals surface area contributed by atoms with Gasteiger partial charge in [-0.15, -0.1) is 0 Å². The van der Waals surface area contributed by atoms with Gasteiger partial charge in [-0.3, -0.25) is 4.79 Å². The summed E-state index contributed by atoms with van der Waals surface area (Å²) >= 11 is 6.36. The number of carbonyl (C=O) groups is 2. The number of Topliss-reactive ketones (excluding diaryl/α,β-unsaturated/α-hetero) is 1. The Morgan fingerprint density at radius 1 is 1.17 bits per heavy atom. The van der Waals surface area contributed by atoms with Gasteiger partial charge in [0.25, 0.3) is 0 Å². The number of nitrogens with one attached hydrogen (secondary N) is 1. The monoisotopic (exact) mass is 444 g/mol. The van der Waals surface area contributed by atoms with Crippen LogP contribution in [0.25, 0.3) is 0 Å². The average molecular weight is 445 g/mol. The highest BCUT2D eigenvalue weighted by Gasteiger charge is 2.29. The molecule has 1 fully saturated rings. The largest absolute Gasteiger partial charge is 0.352 e. The molecule has 1 unspecified atom stereocenters. The van der Waals surface area contributed by atoms with Gasteiger partial charge in [-0.2, -0.15) is 0 Å². The van der Waals surface area contributed by atoms with E-state index in [9.17, 15) is 9.59 Å². The zero-order valence-electron chi connectivity index (χ0n) is 18.2. The molecular weight excluding hydrogens is 416 g/mol. The third-order valence-corrected chi connectivity index (χ3v) is 7.76. The predicted molar refractivity (Wildman–Crippen MR) is 126 cm³/mol. The number of benzene rings is 1. The number of halogens is 1. The van der Waals surface area contributed by atoms with Gasteiger partial charge in [0.2, 0.25) is 0 Å². The van der Waals surface area contributed by atoms with E-state index in [1.165, 1.54) is 12.1 Å². The highest BCUT2D eigenvalue weighted by atomic mass is 35.5. The fourth-order valence-electron chi connectivity index (χ4n) is 3.56. The van der Waals surface area contributed by atoms with Crippen LogP contribution < -0.4 is 15.4 Å². The molecule has 6 nitrogen and oxygen atoms in total. The molecule has 8 heteroatoms. The topological polar surface area (TPSA) is 65.5 Å². The first-order chi connectivity index (χ1) is 14.1. The molecule has 1 saturated heterocycles. The maximum Gasteiger partial charge on any atom is 0.322 e. The number of urea groups is 1. The van der Waals surface area contributed by atoms with Crippen molar-refractivity contribution in [3.05, 3.63) is 47.1 Å². The van der Waals surface area contributed by atoms with E-state index in [0.29, 0.717) is 36.0 Å². The molecule has 160 valence electrons. The number of carbonyl (C=O) groups excluding carboxylic acids is 2. The van der Waals surface area contributed by atoms with E-state index in [1.807, 2.05) is 24.0 Å². The Bertz CT molecular complexity index is 943. The Hall–Kier alpha value is -2.38. The van der Waals surface area contributed by atoms with Gasteiger partial charge in [0.15, 0.2) is 5.78 Å². The summed E-state index contributed by atoms with van der Waals surface area (Å²) in [5, 5.41) is 4.83.